The van der Waals surface area contributed by atoms with Crippen molar-refractivity contribution in [2.45, 2.75) is 17.2 Å². The number of benzene rings is 1. The fourth-order valence-corrected chi connectivity index (χ4v) is 3.59. The highest BCUT2D eigenvalue weighted by molar-refractivity contribution is 7.99. The van der Waals surface area contributed by atoms with Crippen molar-refractivity contribution in [3.05, 3.63) is 72.8 Å². The Bertz CT molecular complexity index is 1080. The maximum absolute atomic E-state index is 14.4. The average Bonchev–Trinajstić information content (AvgIpc) is 3.41. The van der Waals surface area contributed by atoms with Crippen molar-refractivity contribution in [3.63, 3.8) is 0 Å². The van der Waals surface area contributed by atoms with Crippen molar-refractivity contribution in [2.24, 2.45) is 0 Å². The normalized spacial score (nSPS) is 13.3. The molecule has 4 aromatic rings. The summed E-state index contributed by atoms with van der Waals surface area (Å²) >= 11 is 1.17. The Morgan fingerprint density at radius 1 is 1.00 bits per heavy atom. The summed E-state index contributed by atoms with van der Waals surface area (Å²) in [5.41, 5.74) is -1.74. The molecule has 3 aromatic heterocycles. The molecule has 1 N–H and O–H groups in total. The number of hydrogen-bond donors (Lipinski definition) is 1. The third kappa shape index (κ3) is 4.27. The van der Waals surface area contributed by atoms with E-state index < -0.39 is 17.2 Å². The molecule has 1 atom stereocenters. The molecule has 0 amide bonds. The van der Waals surface area contributed by atoms with Gasteiger partial charge in [-0.05, 0) is 18.2 Å². The summed E-state index contributed by atoms with van der Waals surface area (Å²) < 4.78 is 30.6. The molecule has 1 unspecified atom stereocenters. The minimum Gasteiger partial charge on any atom is -0.382 e. The van der Waals surface area contributed by atoms with E-state index in [0.29, 0.717) is 10.8 Å². The second-order valence-corrected chi connectivity index (χ2v) is 7.10. The van der Waals surface area contributed by atoms with Gasteiger partial charge in [-0.1, -0.05) is 6.07 Å². The van der Waals surface area contributed by atoms with Gasteiger partial charge < -0.3 is 5.11 Å². The van der Waals surface area contributed by atoms with Gasteiger partial charge in [0, 0.05) is 17.4 Å². The third-order valence-electron chi connectivity index (χ3n) is 4.06. The van der Waals surface area contributed by atoms with Gasteiger partial charge in [0.05, 0.1) is 6.54 Å². The van der Waals surface area contributed by atoms with Gasteiger partial charge in [-0.25, -0.2) is 28.1 Å². The predicted molar refractivity (Wildman–Crippen MR) is 97.9 cm³/mol. The van der Waals surface area contributed by atoms with Gasteiger partial charge >= 0.3 is 0 Å². The highest BCUT2D eigenvalue weighted by Crippen LogP contribution is 2.32. The molecule has 4 rings (SSSR count). The number of thioether (sulfide) groups is 1. The summed E-state index contributed by atoms with van der Waals surface area (Å²) in [6.07, 6.45) is 5.59. The lowest BCUT2D eigenvalue weighted by molar-refractivity contribution is 0.0360. The minimum absolute atomic E-state index is 0.0206. The first-order chi connectivity index (χ1) is 14.0. The quantitative estimate of drug-likeness (QED) is 0.453. The molecule has 0 saturated carbocycles. The monoisotopic (exact) mass is 416 g/mol. The van der Waals surface area contributed by atoms with Crippen molar-refractivity contribution in [1.29, 1.82) is 0 Å². The molecule has 3 heterocycles. The molecule has 148 valence electrons. The van der Waals surface area contributed by atoms with Crippen LogP contribution in [0.5, 0.6) is 0 Å². The molecule has 9 nitrogen and oxygen atoms in total. The van der Waals surface area contributed by atoms with Crippen LogP contribution >= 0.6 is 11.8 Å². The van der Waals surface area contributed by atoms with Crippen LogP contribution in [-0.2, 0) is 12.1 Å². The minimum atomic E-state index is -1.69. The molecule has 1 aromatic carbocycles. The van der Waals surface area contributed by atoms with Crippen LogP contribution in [0.2, 0.25) is 0 Å². The van der Waals surface area contributed by atoms with E-state index in [9.17, 15) is 13.9 Å². The van der Waals surface area contributed by atoms with E-state index in [0.717, 1.165) is 12.1 Å². The highest BCUT2D eigenvalue weighted by Gasteiger charge is 2.34. The molecule has 0 saturated heterocycles. The summed E-state index contributed by atoms with van der Waals surface area (Å²) in [4.78, 5) is 7.68. The zero-order valence-corrected chi connectivity index (χ0v) is 15.6. The van der Waals surface area contributed by atoms with Crippen LogP contribution in [0.15, 0.2) is 60.7 Å². The Hall–Kier alpha value is -3.25. The van der Waals surface area contributed by atoms with Crippen LogP contribution in [0.3, 0.4) is 0 Å². The molecule has 29 heavy (non-hydrogen) atoms. The average molecular weight is 416 g/mol. The van der Waals surface area contributed by atoms with Gasteiger partial charge in [-0.15, -0.1) is 22.0 Å². The number of halogens is 2. The van der Waals surface area contributed by atoms with Gasteiger partial charge in [-0.3, -0.25) is 0 Å². The molecule has 0 aliphatic rings. The molecule has 0 bridgehead atoms. The zero-order valence-electron chi connectivity index (χ0n) is 14.8. The molecule has 0 spiro atoms. The van der Waals surface area contributed by atoms with Crippen LogP contribution in [-0.4, -0.2) is 50.6 Å². The van der Waals surface area contributed by atoms with Gasteiger partial charge in [0.15, 0.2) is 5.82 Å². The number of rotatable bonds is 7. The van der Waals surface area contributed by atoms with Crippen molar-refractivity contribution >= 4 is 11.8 Å². The maximum atomic E-state index is 14.4. The molecule has 0 aliphatic heterocycles. The van der Waals surface area contributed by atoms with E-state index in [4.69, 9.17) is 0 Å². The SMILES string of the molecule is OC(CSc1ccc(-n2cncn2)nn1)(Cn1cncn1)c1ccc(F)cc1F. The highest BCUT2D eigenvalue weighted by atomic mass is 32.2. The molecule has 0 aliphatic carbocycles. The Morgan fingerprint density at radius 2 is 1.83 bits per heavy atom. The molecule has 12 heteroatoms. The van der Waals surface area contributed by atoms with E-state index in [2.05, 4.69) is 30.4 Å². The molecular weight excluding hydrogens is 402 g/mol. The van der Waals surface area contributed by atoms with Crippen molar-refractivity contribution in [2.75, 3.05) is 5.75 Å². The van der Waals surface area contributed by atoms with E-state index in [1.54, 1.807) is 12.1 Å². The van der Waals surface area contributed by atoms with Crippen LogP contribution in [0, 0.1) is 11.6 Å². The second-order valence-electron chi connectivity index (χ2n) is 6.11. The lowest BCUT2D eigenvalue weighted by atomic mass is 9.95. The fourth-order valence-electron chi connectivity index (χ4n) is 2.69. The van der Waals surface area contributed by atoms with Gasteiger partial charge in [0.25, 0.3) is 0 Å². The first-order valence-corrected chi connectivity index (χ1v) is 9.34. The van der Waals surface area contributed by atoms with E-state index in [-0.39, 0.29) is 17.9 Å². The maximum Gasteiger partial charge on any atom is 0.177 e. The Morgan fingerprint density at radius 3 is 2.48 bits per heavy atom. The Balaban J connectivity index is 1.57. The van der Waals surface area contributed by atoms with Crippen LogP contribution in [0.4, 0.5) is 8.78 Å². The van der Waals surface area contributed by atoms with Crippen LogP contribution in [0.25, 0.3) is 5.82 Å². The number of hydrogen-bond acceptors (Lipinski definition) is 8. The largest absolute Gasteiger partial charge is 0.382 e. The van der Waals surface area contributed by atoms with E-state index >= 15 is 0 Å². The third-order valence-corrected chi connectivity index (χ3v) is 5.20. The van der Waals surface area contributed by atoms with Crippen LogP contribution in [0.1, 0.15) is 5.56 Å². The standard InChI is InChI=1S/C17H14F2N8OS/c18-12-1-2-13(14(19)5-12)17(28,6-26-10-20-8-22-26)7-29-16-4-3-15(24-25-16)27-11-21-9-23-27/h1-5,8-11,28H,6-7H2. The van der Waals surface area contributed by atoms with Gasteiger partial charge in [-0.2, -0.15) is 10.2 Å². The molecule has 0 fully saturated rings. The molecular formula is C17H14F2N8OS. The number of aromatic nitrogens is 8. The van der Waals surface area contributed by atoms with Crippen molar-refractivity contribution < 1.29 is 13.9 Å². The number of aliphatic hydroxyl groups is 1. The Labute approximate surface area is 167 Å². The number of nitrogens with zero attached hydrogens (tertiary/aromatic N) is 8. The van der Waals surface area contributed by atoms with Gasteiger partial charge in [0.1, 0.15) is 47.6 Å². The lowest BCUT2D eigenvalue weighted by Gasteiger charge is -2.28. The smallest absolute Gasteiger partial charge is 0.177 e. The summed E-state index contributed by atoms with van der Waals surface area (Å²) in [5.74, 6) is -1.07. The first kappa shape index (κ1) is 19.1. The summed E-state index contributed by atoms with van der Waals surface area (Å²) in [7, 11) is 0. The zero-order chi connectivity index (χ0) is 20.3. The van der Waals surface area contributed by atoms with Crippen molar-refractivity contribution in [1.82, 2.24) is 39.7 Å². The lowest BCUT2D eigenvalue weighted by Crippen LogP contribution is -2.35. The fraction of sp³-hybridized carbons (Fsp3) is 0.176. The van der Waals surface area contributed by atoms with Crippen molar-refractivity contribution in [3.8, 4) is 5.82 Å². The predicted octanol–water partition coefficient (Wildman–Crippen LogP) is 1.61. The second kappa shape index (κ2) is 8.01. The van der Waals surface area contributed by atoms with E-state index in [1.807, 2.05) is 0 Å². The summed E-state index contributed by atoms with van der Waals surface area (Å²) in [5, 5.41) is 27.8. The van der Waals surface area contributed by atoms with Crippen LogP contribution < -0.4 is 0 Å². The van der Waals surface area contributed by atoms with E-state index in [1.165, 1.54) is 52.5 Å². The van der Waals surface area contributed by atoms with Gasteiger partial charge in [0.2, 0.25) is 0 Å². The first-order valence-electron chi connectivity index (χ1n) is 8.35. The topological polar surface area (TPSA) is 107 Å². The molecule has 0 radical (unpaired) electrons. The summed E-state index contributed by atoms with van der Waals surface area (Å²) in [6, 6.07) is 6.45. The Kier molecular flexibility index (Phi) is 5.27. The summed E-state index contributed by atoms with van der Waals surface area (Å²) in [6.45, 7) is -0.0764.